The standard InChI is InChI=1S/C16H18FNO3S/c1-12-10-14(17)8-9-16(12)22(19,20)18-13(2)11-21-15-6-4-3-5-7-15/h3-10,13,18H,11H2,1-2H3/t13-/m0/s1. The van der Waals surface area contributed by atoms with E-state index in [0.29, 0.717) is 11.3 Å². The summed E-state index contributed by atoms with van der Waals surface area (Å²) in [7, 11) is -3.71. The molecule has 0 fully saturated rings. The average molecular weight is 323 g/mol. The number of hydrogen-bond donors (Lipinski definition) is 1. The first-order valence-electron chi connectivity index (χ1n) is 6.85. The van der Waals surface area contributed by atoms with Gasteiger partial charge < -0.3 is 4.74 Å². The maximum Gasteiger partial charge on any atom is 0.241 e. The highest BCUT2D eigenvalue weighted by Gasteiger charge is 2.20. The van der Waals surface area contributed by atoms with Gasteiger partial charge in [-0.3, -0.25) is 0 Å². The second kappa shape index (κ2) is 6.89. The third-order valence-electron chi connectivity index (χ3n) is 3.03. The molecule has 0 saturated heterocycles. The summed E-state index contributed by atoms with van der Waals surface area (Å²) in [5, 5.41) is 0. The molecule has 2 rings (SSSR count). The largest absolute Gasteiger partial charge is 0.492 e. The molecule has 2 aromatic rings. The fourth-order valence-electron chi connectivity index (χ4n) is 2.01. The highest BCUT2D eigenvalue weighted by atomic mass is 32.2. The number of nitrogens with one attached hydrogen (secondary N) is 1. The van der Waals surface area contributed by atoms with Crippen LogP contribution in [-0.4, -0.2) is 21.1 Å². The van der Waals surface area contributed by atoms with Crippen molar-refractivity contribution in [2.24, 2.45) is 0 Å². The topological polar surface area (TPSA) is 55.4 Å². The lowest BCUT2D eigenvalue weighted by molar-refractivity contribution is 0.287. The molecule has 0 unspecified atom stereocenters. The summed E-state index contributed by atoms with van der Waals surface area (Å²) in [6, 6.07) is 12.3. The van der Waals surface area contributed by atoms with Crippen LogP contribution in [0.5, 0.6) is 5.75 Å². The van der Waals surface area contributed by atoms with Gasteiger partial charge in [0.25, 0.3) is 0 Å². The van der Waals surface area contributed by atoms with Gasteiger partial charge in [0.15, 0.2) is 0 Å². The van der Waals surface area contributed by atoms with Gasteiger partial charge in [-0.1, -0.05) is 18.2 Å². The van der Waals surface area contributed by atoms with Crippen molar-refractivity contribution in [3.05, 3.63) is 59.9 Å². The molecule has 0 spiro atoms. The van der Waals surface area contributed by atoms with Crippen molar-refractivity contribution in [3.63, 3.8) is 0 Å². The highest BCUT2D eigenvalue weighted by Crippen LogP contribution is 2.16. The van der Waals surface area contributed by atoms with Gasteiger partial charge >= 0.3 is 0 Å². The highest BCUT2D eigenvalue weighted by molar-refractivity contribution is 7.89. The lowest BCUT2D eigenvalue weighted by atomic mass is 10.2. The van der Waals surface area contributed by atoms with Crippen LogP contribution in [0, 0.1) is 12.7 Å². The number of ether oxygens (including phenoxy) is 1. The molecule has 0 radical (unpaired) electrons. The summed E-state index contributed by atoms with van der Waals surface area (Å²) in [5.74, 6) is 0.212. The Balaban J connectivity index is 2.02. The molecular weight excluding hydrogens is 305 g/mol. The van der Waals surface area contributed by atoms with Gasteiger partial charge in [0.05, 0.1) is 10.9 Å². The van der Waals surface area contributed by atoms with Gasteiger partial charge in [0.1, 0.15) is 18.2 Å². The number of sulfonamides is 1. The number of aryl methyl sites for hydroxylation is 1. The summed E-state index contributed by atoms with van der Waals surface area (Å²) in [4.78, 5) is 0.0699. The third kappa shape index (κ3) is 4.29. The molecular formula is C16H18FNO3S. The van der Waals surface area contributed by atoms with E-state index in [2.05, 4.69) is 4.72 Å². The molecule has 0 aliphatic carbocycles. The second-order valence-corrected chi connectivity index (χ2v) is 6.74. The Morgan fingerprint density at radius 3 is 2.50 bits per heavy atom. The molecule has 4 nitrogen and oxygen atoms in total. The molecule has 0 bridgehead atoms. The number of halogens is 1. The van der Waals surface area contributed by atoms with Crippen molar-refractivity contribution in [1.29, 1.82) is 0 Å². The van der Waals surface area contributed by atoms with E-state index in [9.17, 15) is 12.8 Å². The van der Waals surface area contributed by atoms with Crippen LogP contribution < -0.4 is 9.46 Å². The van der Waals surface area contributed by atoms with Crippen LogP contribution in [0.4, 0.5) is 4.39 Å². The van der Waals surface area contributed by atoms with Crippen molar-refractivity contribution < 1.29 is 17.5 Å². The zero-order chi connectivity index (χ0) is 16.2. The quantitative estimate of drug-likeness (QED) is 0.889. The van der Waals surface area contributed by atoms with Crippen LogP contribution in [0.1, 0.15) is 12.5 Å². The van der Waals surface area contributed by atoms with E-state index < -0.39 is 21.9 Å². The van der Waals surface area contributed by atoms with Crippen LogP contribution >= 0.6 is 0 Å². The molecule has 22 heavy (non-hydrogen) atoms. The first kappa shape index (κ1) is 16.5. The Morgan fingerprint density at radius 1 is 1.18 bits per heavy atom. The molecule has 1 atom stereocenters. The van der Waals surface area contributed by atoms with E-state index in [1.165, 1.54) is 12.1 Å². The molecule has 0 amide bonds. The Hall–Kier alpha value is -1.92. The predicted octanol–water partition coefficient (Wildman–Crippen LogP) is 2.88. The summed E-state index contributed by atoms with van der Waals surface area (Å²) >= 11 is 0. The zero-order valence-electron chi connectivity index (χ0n) is 12.4. The maximum atomic E-state index is 13.1. The minimum atomic E-state index is -3.71. The Kier molecular flexibility index (Phi) is 5.15. The summed E-state index contributed by atoms with van der Waals surface area (Å²) < 4.78 is 45.7. The van der Waals surface area contributed by atoms with Gasteiger partial charge in [-0.2, -0.15) is 0 Å². The fourth-order valence-corrected chi connectivity index (χ4v) is 3.47. The first-order valence-corrected chi connectivity index (χ1v) is 8.33. The SMILES string of the molecule is Cc1cc(F)ccc1S(=O)(=O)N[C@@H](C)COc1ccccc1. The summed E-state index contributed by atoms with van der Waals surface area (Å²) in [6.45, 7) is 3.46. The molecule has 1 N–H and O–H groups in total. The van der Waals surface area contributed by atoms with Crippen molar-refractivity contribution >= 4 is 10.0 Å². The van der Waals surface area contributed by atoms with Crippen molar-refractivity contribution in [2.75, 3.05) is 6.61 Å². The van der Waals surface area contributed by atoms with E-state index in [4.69, 9.17) is 4.74 Å². The molecule has 118 valence electrons. The zero-order valence-corrected chi connectivity index (χ0v) is 13.2. The van der Waals surface area contributed by atoms with E-state index in [1.807, 2.05) is 18.2 Å². The summed E-state index contributed by atoms with van der Waals surface area (Å²) in [5.41, 5.74) is 0.365. The summed E-state index contributed by atoms with van der Waals surface area (Å²) in [6.07, 6.45) is 0. The molecule has 2 aromatic carbocycles. The molecule has 6 heteroatoms. The Morgan fingerprint density at radius 2 is 1.86 bits per heavy atom. The predicted molar refractivity (Wildman–Crippen MR) is 82.9 cm³/mol. The van der Waals surface area contributed by atoms with Gasteiger partial charge in [-0.05, 0) is 49.7 Å². The minimum Gasteiger partial charge on any atom is -0.492 e. The normalized spacial score (nSPS) is 12.9. The lowest BCUT2D eigenvalue weighted by Gasteiger charge is -2.16. The van der Waals surface area contributed by atoms with Crippen molar-refractivity contribution in [3.8, 4) is 5.75 Å². The van der Waals surface area contributed by atoms with Gasteiger partial charge in [0.2, 0.25) is 10.0 Å². The van der Waals surface area contributed by atoms with E-state index in [0.717, 1.165) is 6.07 Å². The molecule has 0 aromatic heterocycles. The Labute approximate surface area is 130 Å². The minimum absolute atomic E-state index is 0.0699. The third-order valence-corrected chi connectivity index (χ3v) is 4.78. The van der Waals surface area contributed by atoms with E-state index >= 15 is 0 Å². The van der Waals surface area contributed by atoms with Crippen LogP contribution in [0.25, 0.3) is 0 Å². The van der Waals surface area contributed by atoms with Crippen molar-refractivity contribution in [1.82, 2.24) is 4.72 Å². The van der Waals surface area contributed by atoms with Crippen LogP contribution in [0.15, 0.2) is 53.4 Å². The monoisotopic (exact) mass is 323 g/mol. The lowest BCUT2D eigenvalue weighted by Crippen LogP contribution is -2.37. The van der Waals surface area contributed by atoms with Crippen LogP contribution in [0.2, 0.25) is 0 Å². The first-order chi connectivity index (χ1) is 10.4. The van der Waals surface area contributed by atoms with Crippen LogP contribution in [0.3, 0.4) is 0 Å². The molecule has 0 saturated carbocycles. The number of para-hydroxylation sites is 1. The molecule has 0 heterocycles. The van der Waals surface area contributed by atoms with E-state index in [-0.39, 0.29) is 11.5 Å². The number of rotatable bonds is 6. The molecule has 0 aliphatic rings. The average Bonchev–Trinajstić information content (AvgIpc) is 2.45. The smallest absolute Gasteiger partial charge is 0.241 e. The number of hydrogen-bond acceptors (Lipinski definition) is 3. The van der Waals surface area contributed by atoms with Gasteiger partial charge in [-0.15, -0.1) is 0 Å². The Bertz CT molecular complexity index is 732. The molecule has 0 aliphatic heterocycles. The second-order valence-electron chi connectivity index (χ2n) is 5.06. The van der Waals surface area contributed by atoms with Crippen LogP contribution in [-0.2, 0) is 10.0 Å². The maximum absolute atomic E-state index is 13.1. The fraction of sp³-hybridized carbons (Fsp3) is 0.250. The van der Waals surface area contributed by atoms with Gasteiger partial charge in [-0.25, -0.2) is 17.5 Å². The van der Waals surface area contributed by atoms with Gasteiger partial charge in [0, 0.05) is 0 Å². The van der Waals surface area contributed by atoms with Crippen molar-refractivity contribution in [2.45, 2.75) is 24.8 Å². The number of benzene rings is 2. The van der Waals surface area contributed by atoms with E-state index in [1.54, 1.807) is 26.0 Å².